The van der Waals surface area contributed by atoms with E-state index in [9.17, 15) is 8.42 Å². The van der Waals surface area contributed by atoms with E-state index in [1.807, 2.05) is 13.8 Å². The second-order valence-corrected chi connectivity index (χ2v) is 6.94. The Hall–Kier alpha value is -1.27. The highest BCUT2D eigenvalue weighted by atomic mass is 32.2. The number of hydrogen-bond donors (Lipinski definition) is 0. The molecule has 0 fully saturated rings. The van der Waals surface area contributed by atoms with Gasteiger partial charge in [-0.2, -0.15) is 4.31 Å². The molecule has 0 atom stereocenters. The van der Waals surface area contributed by atoms with Gasteiger partial charge in [0, 0.05) is 18.7 Å². The van der Waals surface area contributed by atoms with Crippen molar-refractivity contribution in [3.05, 3.63) is 18.2 Å². The smallest absolute Gasteiger partial charge is 0.246 e. The molecule has 0 spiro atoms. The summed E-state index contributed by atoms with van der Waals surface area (Å²) in [5, 5.41) is 0. The number of ether oxygens (including phenoxy) is 2. The monoisotopic (exact) mass is 299 g/mol. The molecule has 0 N–H and O–H groups in total. The quantitative estimate of drug-likeness (QED) is 0.840. The molecule has 0 aliphatic carbocycles. The fourth-order valence-electron chi connectivity index (χ4n) is 2.28. The molecule has 1 aromatic rings. The molecule has 0 amide bonds. The van der Waals surface area contributed by atoms with Crippen LogP contribution >= 0.6 is 0 Å². The molecule has 0 unspecified atom stereocenters. The standard InChI is InChI=1S/C14H21NO4S/c1-11(2)15-8-4-5-9-19-13-10-12(18-3)6-7-14(13)20(15,16)17/h6-7,10-11H,4-5,8-9H2,1-3H3. The van der Waals surface area contributed by atoms with E-state index in [1.165, 1.54) is 4.31 Å². The summed E-state index contributed by atoms with van der Waals surface area (Å²) in [5.74, 6) is 0.964. The summed E-state index contributed by atoms with van der Waals surface area (Å²) in [6, 6.07) is 4.77. The van der Waals surface area contributed by atoms with Crippen molar-refractivity contribution in [1.29, 1.82) is 0 Å². The molecule has 112 valence electrons. The molecule has 20 heavy (non-hydrogen) atoms. The lowest BCUT2D eigenvalue weighted by atomic mass is 10.3. The van der Waals surface area contributed by atoms with Gasteiger partial charge in [-0.15, -0.1) is 0 Å². The second-order valence-electron chi connectivity index (χ2n) is 5.08. The fraction of sp³-hybridized carbons (Fsp3) is 0.571. The first-order valence-electron chi connectivity index (χ1n) is 6.79. The van der Waals surface area contributed by atoms with Crippen molar-refractivity contribution in [2.24, 2.45) is 0 Å². The van der Waals surface area contributed by atoms with Gasteiger partial charge < -0.3 is 9.47 Å². The van der Waals surface area contributed by atoms with E-state index in [4.69, 9.17) is 9.47 Å². The van der Waals surface area contributed by atoms with Gasteiger partial charge in [-0.25, -0.2) is 8.42 Å². The third kappa shape index (κ3) is 2.91. The van der Waals surface area contributed by atoms with Crippen molar-refractivity contribution in [3.8, 4) is 11.5 Å². The number of rotatable bonds is 2. The van der Waals surface area contributed by atoms with Crippen LogP contribution in [0.15, 0.2) is 23.1 Å². The van der Waals surface area contributed by atoms with Crippen LogP contribution in [0.25, 0.3) is 0 Å². The van der Waals surface area contributed by atoms with Gasteiger partial charge in [0.05, 0.1) is 13.7 Å². The summed E-state index contributed by atoms with van der Waals surface area (Å²) in [6.07, 6.45) is 1.62. The van der Waals surface area contributed by atoms with Gasteiger partial charge in [0.15, 0.2) is 0 Å². The zero-order chi connectivity index (χ0) is 14.8. The van der Waals surface area contributed by atoms with Crippen LogP contribution in [0.1, 0.15) is 26.7 Å². The Morgan fingerprint density at radius 1 is 1.30 bits per heavy atom. The Morgan fingerprint density at radius 3 is 2.70 bits per heavy atom. The number of sulfonamides is 1. The maximum absolute atomic E-state index is 12.8. The average molecular weight is 299 g/mol. The second kappa shape index (κ2) is 6.01. The molecule has 1 heterocycles. The number of fused-ring (bicyclic) bond motifs is 1. The number of methoxy groups -OCH3 is 1. The van der Waals surface area contributed by atoms with Gasteiger partial charge in [-0.3, -0.25) is 0 Å². The minimum atomic E-state index is -3.54. The zero-order valence-electron chi connectivity index (χ0n) is 12.1. The normalized spacial score (nSPS) is 19.4. The van der Waals surface area contributed by atoms with Crippen LogP contribution in [-0.4, -0.2) is 39.0 Å². The lowest BCUT2D eigenvalue weighted by Crippen LogP contribution is -2.37. The van der Waals surface area contributed by atoms with Crippen LogP contribution in [0.4, 0.5) is 0 Å². The minimum Gasteiger partial charge on any atom is -0.497 e. The maximum Gasteiger partial charge on any atom is 0.246 e. The third-order valence-corrected chi connectivity index (χ3v) is 5.46. The Bertz CT molecular complexity index is 569. The molecule has 0 bridgehead atoms. The molecule has 2 rings (SSSR count). The Morgan fingerprint density at radius 2 is 2.05 bits per heavy atom. The number of nitrogens with zero attached hydrogens (tertiary/aromatic N) is 1. The van der Waals surface area contributed by atoms with E-state index in [0.29, 0.717) is 24.7 Å². The van der Waals surface area contributed by atoms with Crippen molar-refractivity contribution in [3.63, 3.8) is 0 Å². The van der Waals surface area contributed by atoms with E-state index < -0.39 is 10.0 Å². The summed E-state index contributed by atoms with van der Waals surface area (Å²) in [5.41, 5.74) is 0. The van der Waals surface area contributed by atoms with Crippen molar-refractivity contribution >= 4 is 10.0 Å². The Labute approximate surface area is 120 Å². The molecule has 1 aliphatic rings. The van der Waals surface area contributed by atoms with Gasteiger partial charge in [0.1, 0.15) is 16.4 Å². The molecule has 1 aliphatic heterocycles. The lowest BCUT2D eigenvalue weighted by molar-refractivity contribution is 0.291. The number of hydrogen-bond acceptors (Lipinski definition) is 4. The van der Waals surface area contributed by atoms with Crippen LogP contribution < -0.4 is 9.47 Å². The highest BCUT2D eigenvalue weighted by Crippen LogP contribution is 2.32. The molecule has 5 nitrogen and oxygen atoms in total. The van der Waals surface area contributed by atoms with Crippen LogP contribution in [0.5, 0.6) is 11.5 Å². The van der Waals surface area contributed by atoms with Gasteiger partial charge >= 0.3 is 0 Å². The van der Waals surface area contributed by atoms with Crippen molar-refractivity contribution in [2.75, 3.05) is 20.3 Å². The predicted octanol–water partition coefficient (Wildman–Crippen LogP) is 2.27. The summed E-state index contributed by atoms with van der Waals surface area (Å²) in [7, 11) is -1.99. The average Bonchev–Trinajstić information content (AvgIpc) is 2.46. The first-order valence-corrected chi connectivity index (χ1v) is 8.23. The van der Waals surface area contributed by atoms with Crippen molar-refractivity contribution in [2.45, 2.75) is 37.6 Å². The van der Waals surface area contributed by atoms with Crippen LogP contribution in [0, 0.1) is 0 Å². The molecule has 1 aromatic carbocycles. The lowest BCUT2D eigenvalue weighted by Gasteiger charge is -2.25. The van der Waals surface area contributed by atoms with Crippen LogP contribution in [0.2, 0.25) is 0 Å². The topological polar surface area (TPSA) is 55.8 Å². The maximum atomic E-state index is 12.8. The van der Waals surface area contributed by atoms with Gasteiger partial charge in [0.25, 0.3) is 0 Å². The Balaban J connectivity index is 2.54. The third-order valence-electron chi connectivity index (χ3n) is 3.34. The van der Waals surface area contributed by atoms with Gasteiger partial charge in [-0.1, -0.05) is 0 Å². The highest BCUT2D eigenvalue weighted by Gasteiger charge is 2.30. The Kier molecular flexibility index (Phi) is 4.55. The molecule has 0 saturated heterocycles. The van der Waals surface area contributed by atoms with E-state index in [1.54, 1.807) is 25.3 Å². The summed E-state index contributed by atoms with van der Waals surface area (Å²) >= 11 is 0. The predicted molar refractivity (Wildman–Crippen MR) is 76.8 cm³/mol. The first kappa shape index (κ1) is 15.1. The zero-order valence-corrected chi connectivity index (χ0v) is 12.9. The fourth-order valence-corrected chi connectivity index (χ4v) is 4.06. The minimum absolute atomic E-state index is 0.0759. The van der Waals surface area contributed by atoms with Gasteiger partial charge in [-0.05, 0) is 38.8 Å². The first-order chi connectivity index (χ1) is 9.46. The molecule has 0 saturated carbocycles. The van der Waals surface area contributed by atoms with E-state index in [-0.39, 0.29) is 10.9 Å². The van der Waals surface area contributed by atoms with Gasteiger partial charge in [0.2, 0.25) is 10.0 Å². The highest BCUT2D eigenvalue weighted by molar-refractivity contribution is 7.89. The van der Waals surface area contributed by atoms with Crippen LogP contribution in [-0.2, 0) is 10.0 Å². The number of benzene rings is 1. The summed E-state index contributed by atoms with van der Waals surface area (Å²) in [6.45, 7) is 4.81. The largest absolute Gasteiger partial charge is 0.497 e. The summed E-state index contributed by atoms with van der Waals surface area (Å²) < 4.78 is 37.9. The molecule has 0 radical (unpaired) electrons. The van der Waals surface area contributed by atoms with E-state index in [0.717, 1.165) is 12.8 Å². The molecule has 6 heteroatoms. The molecule has 0 aromatic heterocycles. The van der Waals surface area contributed by atoms with Crippen molar-refractivity contribution < 1.29 is 17.9 Å². The SMILES string of the molecule is COc1ccc2c(c1)OCCCCN(C(C)C)S2(=O)=O. The van der Waals surface area contributed by atoms with E-state index in [2.05, 4.69) is 0 Å². The molecular formula is C14H21NO4S. The van der Waals surface area contributed by atoms with E-state index >= 15 is 0 Å². The van der Waals surface area contributed by atoms with Crippen molar-refractivity contribution in [1.82, 2.24) is 4.31 Å². The van der Waals surface area contributed by atoms with Crippen LogP contribution in [0.3, 0.4) is 0 Å². The molecular weight excluding hydrogens is 278 g/mol. The summed E-state index contributed by atoms with van der Waals surface area (Å²) in [4.78, 5) is 0.217.